The first-order chi connectivity index (χ1) is 11.2. The predicted molar refractivity (Wildman–Crippen MR) is 92.3 cm³/mol. The van der Waals surface area contributed by atoms with Gasteiger partial charge in [0, 0.05) is 45.3 Å². The summed E-state index contributed by atoms with van der Waals surface area (Å²) in [4.78, 5) is 19.2. The predicted octanol–water partition coefficient (Wildman–Crippen LogP) is 1.61. The first-order valence-electron chi connectivity index (χ1n) is 8.71. The van der Waals surface area contributed by atoms with Crippen molar-refractivity contribution in [2.45, 2.75) is 25.4 Å². The SMILES string of the molecule is CN1CCCC(N2CCN(C(=O)NCc3ccccc3)CC2)C1. The highest BCUT2D eigenvalue weighted by molar-refractivity contribution is 5.74. The van der Waals surface area contributed by atoms with Gasteiger partial charge in [-0.25, -0.2) is 4.79 Å². The van der Waals surface area contributed by atoms with E-state index in [9.17, 15) is 4.79 Å². The van der Waals surface area contributed by atoms with Crippen molar-refractivity contribution in [3.05, 3.63) is 35.9 Å². The second kappa shape index (κ2) is 7.79. The summed E-state index contributed by atoms with van der Waals surface area (Å²) in [6.45, 7) is 6.65. The smallest absolute Gasteiger partial charge is 0.317 e. The molecule has 0 saturated carbocycles. The average molecular weight is 316 g/mol. The van der Waals surface area contributed by atoms with Crippen molar-refractivity contribution >= 4 is 6.03 Å². The monoisotopic (exact) mass is 316 g/mol. The normalized spacial score (nSPS) is 23.7. The number of urea groups is 1. The number of amides is 2. The van der Waals surface area contributed by atoms with Crippen molar-refractivity contribution in [1.29, 1.82) is 0 Å². The van der Waals surface area contributed by atoms with Gasteiger partial charge in [0.05, 0.1) is 0 Å². The van der Waals surface area contributed by atoms with Crippen LogP contribution < -0.4 is 5.32 Å². The molecule has 3 rings (SSSR count). The standard InChI is InChI=1S/C18H28N4O/c1-20-9-5-8-17(15-20)21-10-12-22(13-11-21)18(23)19-14-16-6-3-2-4-7-16/h2-4,6-7,17H,5,8-15H2,1H3,(H,19,23). The van der Waals surface area contributed by atoms with Crippen LogP contribution in [0.25, 0.3) is 0 Å². The van der Waals surface area contributed by atoms with Crippen molar-refractivity contribution < 1.29 is 4.79 Å². The lowest BCUT2D eigenvalue weighted by atomic mass is 10.0. The number of nitrogens with zero attached hydrogens (tertiary/aromatic N) is 3. The molecular weight excluding hydrogens is 288 g/mol. The second-order valence-electron chi connectivity index (χ2n) is 6.73. The number of rotatable bonds is 3. The third-order valence-electron chi connectivity index (χ3n) is 5.00. The van der Waals surface area contributed by atoms with Crippen LogP contribution in [0.4, 0.5) is 4.79 Å². The van der Waals surface area contributed by atoms with Gasteiger partial charge in [-0.3, -0.25) is 4.90 Å². The number of likely N-dealkylation sites (tertiary alicyclic amines) is 1. The largest absolute Gasteiger partial charge is 0.334 e. The zero-order chi connectivity index (χ0) is 16.1. The van der Waals surface area contributed by atoms with Crippen molar-refractivity contribution in [3.8, 4) is 0 Å². The first-order valence-corrected chi connectivity index (χ1v) is 8.71. The maximum Gasteiger partial charge on any atom is 0.317 e. The van der Waals surface area contributed by atoms with E-state index in [1.54, 1.807) is 0 Å². The molecule has 5 heteroatoms. The molecule has 1 aromatic carbocycles. The summed E-state index contributed by atoms with van der Waals surface area (Å²) < 4.78 is 0. The Labute approximate surface area is 139 Å². The second-order valence-corrected chi connectivity index (χ2v) is 6.73. The molecule has 5 nitrogen and oxygen atoms in total. The summed E-state index contributed by atoms with van der Waals surface area (Å²) in [6.07, 6.45) is 2.59. The molecule has 1 N–H and O–H groups in total. The van der Waals surface area contributed by atoms with E-state index >= 15 is 0 Å². The third kappa shape index (κ3) is 4.45. The number of carbonyl (C=O) groups is 1. The van der Waals surface area contributed by atoms with Gasteiger partial charge in [-0.2, -0.15) is 0 Å². The number of carbonyl (C=O) groups excluding carboxylic acids is 1. The minimum Gasteiger partial charge on any atom is -0.334 e. The Hall–Kier alpha value is -1.59. The van der Waals surface area contributed by atoms with Crippen LogP contribution in [0.5, 0.6) is 0 Å². The lowest BCUT2D eigenvalue weighted by Gasteiger charge is -2.42. The van der Waals surface area contributed by atoms with Crippen LogP contribution in [-0.2, 0) is 6.54 Å². The summed E-state index contributed by atoms with van der Waals surface area (Å²) in [5.74, 6) is 0. The summed E-state index contributed by atoms with van der Waals surface area (Å²) in [5.41, 5.74) is 1.14. The minimum absolute atomic E-state index is 0.0641. The molecule has 0 aliphatic carbocycles. The first kappa shape index (κ1) is 16.3. The Morgan fingerprint density at radius 1 is 1.13 bits per heavy atom. The Balaban J connectivity index is 1.42. The number of likely N-dealkylation sites (N-methyl/N-ethyl adjacent to an activating group) is 1. The van der Waals surface area contributed by atoms with E-state index in [-0.39, 0.29) is 6.03 Å². The summed E-state index contributed by atoms with van der Waals surface area (Å²) in [6, 6.07) is 10.8. The molecule has 0 spiro atoms. The zero-order valence-electron chi connectivity index (χ0n) is 14.1. The van der Waals surface area contributed by atoms with Gasteiger partial charge >= 0.3 is 6.03 Å². The van der Waals surface area contributed by atoms with E-state index in [0.717, 1.165) is 31.7 Å². The van der Waals surface area contributed by atoms with Gasteiger partial charge in [0.1, 0.15) is 0 Å². The topological polar surface area (TPSA) is 38.8 Å². The molecule has 1 atom stereocenters. The van der Waals surface area contributed by atoms with Crippen molar-refractivity contribution in [2.24, 2.45) is 0 Å². The number of nitrogens with one attached hydrogen (secondary N) is 1. The Morgan fingerprint density at radius 2 is 1.87 bits per heavy atom. The highest BCUT2D eigenvalue weighted by atomic mass is 16.2. The molecule has 2 saturated heterocycles. The van der Waals surface area contributed by atoms with Crippen LogP contribution in [0.2, 0.25) is 0 Å². The Kier molecular flexibility index (Phi) is 5.51. The Bertz CT molecular complexity index is 499. The molecule has 0 aromatic heterocycles. The van der Waals surface area contributed by atoms with Crippen LogP contribution in [-0.4, -0.2) is 73.1 Å². The van der Waals surface area contributed by atoms with Crippen LogP contribution in [0.15, 0.2) is 30.3 Å². The van der Waals surface area contributed by atoms with Gasteiger partial charge in [0.15, 0.2) is 0 Å². The van der Waals surface area contributed by atoms with Gasteiger partial charge in [0.25, 0.3) is 0 Å². The molecule has 2 fully saturated rings. The van der Waals surface area contributed by atoms with Gasteiger partial charge < -0.3 is 15.1 Å². The molecule has 0 bridgehead atoms. The summed E-state index contributed by atoms with van der Waals surface area (Å²) in [5, 5.41) is 3.03. The maximum absolute atomic E-state index is 12.3. The number of piperazine rings is 1. The molecular formula is C18H28N4O. The average Bonchev–Trinajstić information content (AvgIpc) is 2.61. The number of piperidine rings is 1. The molecule has 23 heavy (non-hydrogen) atoms. The highest BCUT2D eigenvalue weighted by Crippen LogP contribution is 2.16. The fraction of sp³-hybridized carbons (Fsp3) is 0.611. The van der Waals surface area contributed by atoms with Crippen LogP contribution in [0.1, 0.15) is 18.4 Å². The third-order valence-corrected chi connectivity index (χ3v) is 5.00. The van der Waals surface area contributed by atoms with Gasteiger partial charge in [-0.15, -0.1) is 0 Å². The molecule has 1 unspecified atom stereocenters. The fourth-order valence-corrected chi connectivity index (χ4v) is 3.61. The lowest BCUT2D eigenvalue weighted by molar-refractivity contribution is 0.0693. The van der Waals surface area contributed by atoms with Crippen molar-refractivity contribution in [1.82, 2.24) is 20.0 Å². The van der Waals surface area contributed by atoms with E-state index < -0.39 is 0 Å². The van der Waals surface area contributed by atoms with E-state index in [1.165, 1.54) is 25.9 Å². The molecule has 0 radical (unpaired) electrons. The number of hydrogen-bond donors (Lipinski definition) is 1. The van der Waals surface area contributed by atoms with E-state index in [1.807, 2.05) is 35.2 Å². The lowest BCUT2D eigenvalue weighted by Crippen LogP contribution is -2.56. The fourth-order valence-electron chi connectivity index (χ4n) is 3.61. The van der Waals surface area contributed by atoms with Gasteiger partial charge in [-0.05, 0) is 32.0 Å². The number of benzene rings is 1. The molecule has 2 amide bonds. The van der Waals surface area contributed by atoms with Crippen molar-refractivity contribution in [3.63, 3.8) is 0 Å². The maximum atomic E-state index is 12.3. The highest BCUT2D eigenvalue weighted by Gasteiger charge is 2.28. The molecule has 2 aliphatic rings. The van der Waals surface area contributed by atoms with Gasteiger partial charge in [0.2, 0.25) is 0 Å². The minimum atomic E-state index is 0.0641. The van der Waals surface area contributed by atoms with Crippen LogP contribution in [0.3, 0.4) is 0 Å². The van der Waals surface area contributed by atoms with Crippen LogP contribution >= 0.6 is 0 Å². The molecule has 2 heterocycles. The molecule has 126 valence electrons. The van der Waals surface area contributed by atoms with E-state index in [0.29, 0.717) is 12.6 Å². The van der Waals surface area contributed by atoms with Gasteiger partial charge in [-0.1, -0.05) is 30.3 Å². The summed E-state index contributed by atoms with van der Waals surface area (Å²) in [7, 11) is 2.21. The van der Waals surface area contributed by atoms with E-state index in [4.69, 9.17) is 0 Å². The quantitative estimate of drug-likeness (QED) is 0.921. The van der Waals surface area contributed by atoms with Crippen molar-refractivity contribution in [2.75, 3.05) is 46.3 Å². The summed E-state index contributed by atoms with van der Waals surface area (Å²) >= 11 is 0. The Morgan fingerprint density at radius 3 is 2.57 bits per heavy atom. The zero-order valence-corrected chi connectivity index (χ0v) is 14.1. The molecule has 2 aliphatic heterocycles. The van der Waals surface area contributed by atoms with E-state index in [2.05, 4.69) is 22.2 Å². The number of hydrogen-bond acceptors (Lipinski definition) is 3. The molecule has 1 aromatic rings. The van der Waals surface area contributed by atoms with Crippen LogP contribution in [0, 0.1) is 0 Å².